The number of sulfonamides is 1. The van der Waals surface area contributed by atoms with E-state index >= 15 is 0 Å². The van der Waals surface area contributed by atoms with Crippen molar-refractivity contribution < 1.29 is 36.3 Å². The van der Waals surface area contributed by atoms with Gasteiger partial charge in [-0.1, -0.05) is 12.1 Å². The van der Waals surface area contributed by atoms with Gasteiger partial charge in [0.15, 0.2) is 6.61 Å². The molecule has 226 valence electrons. The molecule has 12 heteroatoms. The molecule has 2 amide bonds. The molecule has 42 heavy (non-hydrogen) atoms. The number of carbonyl (C=O) groups is 2. The molecule has 0 unspecified atom stereocenters. The topological polar surface area (TPSA) is 114 Å². The minimum Gasteiger partial charge on any atom is -0.484 e. The molecule has 0 aliphatic rings. The summed E-state index contributed by atoms with van der Waals surface area (Å²) in [7, 11) is -3.94. The number of hydrogen-bond donors (Lipinski definition) is 2. The molecule has 0 heterocycles. The third-order valence-corrected chi connectivity index (χ3v) is 7.49. The summed E-state index contributed by atoms with van der Waals surface area (Å²) in [4.78, 5) is 27.4. The van der Waals surface area contributed by atoms with E-state index in [0.29, 0.717) is 25.1 Å². The van der Waals surface area contributed by atoms with Gasteiger partial charge in [0.2, 0.25) is 5.91 Å². The Bertz CT molecular complexity index is 1420. The van der Waals surface area contributed by atoms with Crippen molar-refractivity contribution in [1.29, 1.82) is 0 Å². The first-order valence-corrected chi connectivity index (χ1v) is 14.9. The summed E-state index contributed by atoms with van der Waals surface area (Å²) in [6.45, 7) is 5.91. The van der Waals surface area contributed by atoms with Gasteiger partial charge in [0.05, 0.1) is 11.0 Å². The van der Waals surface area contributed by atoms with Crippen molar-refractivity contribution in [2.45, 2.75) is 50.8 Å². The Kier molecular flexibility index (Phi) is 11.8. The zero-order valence-corrected chi connectivity index (χ0v) is 24.5. The van der Waals surface area contributed by atoms with Gasteiger partial charge in [0.25, 0.3) is 15.9 Å². The Morgan fingerprint density at radius 2 is 1.48 bits per heavy atom. The van der Waals surface area contributed by atoms with Crippen LogP contribution in [0.3, 0.4) is 0 Å². The largest absolute Gasteiger partial charge is 0.484 e. The predicted octanol–water partition coefficient (Wildman–Crippen LogP) is 4.49. The quantitative estimate of drug-likeness (QED) is 0.248. The fourth-order valence-electron chi connectivity index (χ4n) is 3.79. The smallest absolute Gasteiger partial charge is 0.261 e. The molecule has 0 spiro atoms. The Balaban J connectivity index is 1.63. The molecular formula is C30H35F2N3O6S. The summed E-state index contributed by atoms with van der Waals surface area (Å²) in [5.74, 6) is -1.55. The first-order valence-electron chi connectivity index (χ1n) is 13.4. The molecule has 0 fully saturated rings. The van der Waals surface area contributed by atoms with E-state index < -0.39 is 40.2 Å². The minimum atomic E-state index is -3.94. The number of nitrogens with zero attached hydrogens (tertiary/aromatic N) is 1. The maximum Gasteiger partial charge on any atom is 0.261 e. The van der Waals surface area contributed by atoms with Crippen molar-refractivity contribution >= 4 is 27.5 Å². The Morgan fingerprint density at radius 1 is 0.881 bits per heavy atom. The van der Waals surface area contributed by atoms with Crippen molar-refractivity contribution in [3.8, 4) is 5.75 Å². The van der Waals surface area contributed by atoms with Crippen molar-refractivity contribution in [3.05, 3.63) is 90.0 Å². The van der Waals surface area contributed by atoms with E-state index in [1.165, 1.54) is 65.6 Å². The number of ether oxygens (including phenoxy) is 2. The summed E-state index contributed by atoms with van der Waals surface area (Å²) >= 11 is 0. The van der Waals surface area contributed by atoms with Crippen LogP contribution in [0.25, 0.3) is 0 Å². The van der Waals surface area contributed by atoms with Gasteiger partial charge in [-0.3, -0.25) is 14.3 Å². The molecule has 0 bridgehead atoms. The standard InChI is InChI=1S/C30H35F2N3O6S/c1-21(2)40-18-4-17-33-30(37)22(3)35(19-23-5-7-24(31)8-6-23)29(36)20-41-27-13-15-28(16-14-27)42(38,39)34-26-11-9-25(32)10-12-26/h5-16,21-22,34H,4,17-20H2,1-3H3,(H,33,37)/t22-/m0/s1. The predicted molar refractivity (Wildman–Crippen MR) is 154 cm³/mol. The number of amides is 2. The van der Waals surface area contributed by atoms with E-state index in [0.717, 1.165) is 12.1 Å². The fourth-order valence-corrected chi connectivity index (χ4v) is 4.85. The Labute approximate surface area is 244 Å². The van der Waals surface area contributed by atoms with Crippen LogP contribution in [-0.2, 0) is 30.9 Å². The normalized spacial score (nSPS) is 12.0. The van der Waals surface area contributed by atoms with Crippen molar-refractivity contribution in [2.24, 2.45) is 0 Å². The van der Waals surface area contributed by atoms with Crippen LogP contribution in [0, 0.1) is 11.6 Å². The number of rotatable bonds is 15. The minimum absolute atomic E-state index is 0.0414. The average Bonchev–Trinajstić information content (AvgIpc) is 2.96. The Morgan fingerprint density at radius 3 is 2.07 bits per heavy atom. The molecule has 3 aromatic carbocycles. The van der Waals surface area contributed by atoms with Gasteiger partial charge >= 0.3 is 0 Å². The van der Waals surface area contributed by atoms with Crippen molar-refractivity contribution in [1.82, 2.24) is 10.2 Å². The number of benzene rings is 3. The molecule has 2 N–H and O–H groups in total. The third kappa shape index (κ3) is 10.1. The molecule has 0 aromatic heterocycles. The lowest BCUT2D eigenvalue weighted by atomic mass is 10.1. The van der Waals surface area contributed by atoms with Crippen LogP contribution in [0.15, 0.2) is 77.7 Å². The lowest BCUT2D eigenvalue weighted by Crippen LogP contribution is -2.49. The van der Waals surface area contributed by atoms with Crippen LogP contribution in [0.5, 0.6) is 5.75 Å². The molecule has 9 nitrogen and oxygen atoms in total. The summed E-state index contributed by atoms with van der Waals surface area (Å²) in [6, 6.07) is 15.0. The lowest BCUT2D eigenvalue weighted by molar-refractivity contribution is -0.142. The molecule has 0 saturated carbocycles. The number of halogens is 2. The average molecular weight is 604 g/mol. The number of hydrogen-bond acceptors (Lipinski definition) is 6. The highest BCUT2D eigenvalue weighted by molar-refractivity contribution is 7.92. The van der Waals surface area contributed by atoms with Crippen LogP contribution in [0.2, 0.25) is 0 Å². The van der Waals surface area contributed by atoms with Crippen LogP contribution in [-0.4, -0.2) is 57.0 Å². The highest BCUT2D eigenvalue weighted by Crippen LogP contribution is 2.20. The number of anilines is 1. The van der Waals surface area contributed by atoms with Gasteiger partial charge in [-0.15, -0.1) is 0 Å². The first-order chi connectivity index (χ1) is 19.9. The van der Waals surface area contributed by atoms with Crippen molar-refractivity contribution in [2.75, 3.05) is 24.5 Å². The van der Waals surface area contributed by atoms with E-state index in [1.807, 2.05) is 13.8 Å². The summed E-state index contributed by atoms with van der Waals surface area (Å²) < 4.78 is 65.3. The summed E-state index contributed by atoms with van der Waals surface area (Å²) in [5, 5.41) is 2.81. The van der Waals surface area contributed by atoms with Crippen LogP contribution in [0.1, 0.15) is 32.8 Å². The summed E-state index contributed by atoms with van der Waals surface area (Å²) in [5.41, 5.74) is 0.823. The molecule has 1 atom stereocenters. The molecule has 3 aromatic rings. The monoisotopic (exact) mass is 603 g/mol. The van der Waals surface area contributed by atoms with E-state index in [9.17, 15) is 26.8 Å². The van der Waals surface area contributed by atoms with Gasteiger partial charge in [-0.05, 0) is 93.4 Å². The maximum atomic E-state index is 13.4. The zero-order valence-electron chi connectivity index (χ0n) is 23.7. The van der Waals surface area contributed by atoms with Crippen molar-refractivity contribution in [3.63, 3.8) is 0 Å². The molecule has 0 aliphatic heterocycles. The maximum absolute atomic E-state index is 13.4. The van der Waals surface area contributed by atoms with E-state index in [2.05, 4.69) is 10.0 Å². The zero-order chi connectivity index (χ0) is 30.7. The second-order valence-corrected chi connectivity index (χ2v) is 11.4. The van der Waals surface area contributed by atoms with Gasteiger partial charge in [-0.2, -0.15) is 0 Å². The summed E-state index contributed by atoms with van der Waals surface area (Å²) in [6.07, 6.45) is 0.693. The Hall–Kier alpha value is -4.03. The number of nitrogens with one attached hydrogen (secondary N) is 2. The second-order valence-electron chi connectivity index (χ2n) is 9.76. The SMILES string of the molecule is CC(C)OCCCNC(=O)[C@H](C)N(Cc1ccc(F)cc1)C(=O)COc1ccc(S(=O)(=O)Nc2ccc(F)cc2)cc1. The van der Waals surface area contributed by atoms with E-state index in [4.69, 9.17) is 9.47 Å². The highest BCUT2D eigenvalue weighted by atomic mass is 32.2. The van der Waals surface area contributed by atoms with Crippen LogP contribution >= 0.6 is 0 Å². The van der Waals surface area contributed by atoms with Crippen LogP contribution < -0.4 is 14.8 Å². The molecule has 0 aliphatic carbocycles. The first kappa shape index (κ1) is 32.5. The van der Waals surface area contributed by atoms with E-state index in [-0.39, 0.29) is 34.9 Å². The lowest BCUT2D eigenvalue weighted by Gasteiger charge is -2.28. The molecule has 0 radical (unpaired) electrons. The molecule has 0 saturated heterocycles. The second kappa shape index (κ2) is 15.3. The third-order valence-electron chi connectivity index (χ3n) is 6.10. The van der Waals surface area contributed by atoms with E-state index in [1.54, 1.807) is 6.92 Å². The highest BCUT2D eigenvalue weighted by Gasteiger charge is 2.26. The van der Waals surface area contributed by atoms with Gasteiger partial charge in [0, 0.05) is 25.4 Å². The van der Waals surface area contributed by atoms with Gasteiger partial charge in [-0.25, -0.2) is 17.2 Å². The van der Waals surface area contributed by atoms with Crippen LogP contribution in [0.4, 0.5) is 14.5 Å². The molecule has 3 rings (SSSR count). The van der Waals surface area contributed by atoms with Gasteiger partial charge in [0.1, 0.15) is 23.4 Å². The number of carbonyl (C=O) groups excluding carboxylic acids is 2. The van der Waals surface area contributed by atoms with Gasteiger partial charge < -0.3 is 19.7 Å². The fraction of sp³-hybridized carbons (Fsp3) is 0.333. The molecular weight excluding hydrogens is 568 g/mol.